The molecule has 5 nitrogen and oxygen atoms in total. The van der Waals surface area contributed by atoms with Gasteiger partial charge in [0.2, 0.25) is 0 Å². The van der Waals surface area contributed by atoms with Gasteiger partial charge >= 0.3 is 6.03 Å². The standard InChI is InChI=1S/C21H35N3O2/c25-20(22-21-12-17-9-18(13-21)11-19(10-17)14-21)24-3-1-16(2-4-24)15-23-5-7-26-8-6-23/h16-19H,1-15H2,(H,22,25). The molecule has 2 heterocycles. The quantitative estimate of drug-likeness (QED) is 0.841. The molecule has 5 heteroatoms. The van der Waals surface area contributed by atoms with Gasteiger partial charge in [0.25, 0.3) is 0 Å². The van der Waals surface area contributed by atoms with E-state index < -0.39 is 0 Å². The third-order valence-corrected chi connectivity index (χ3v) is 7.93. The van der Waals surface area contributed by atoms with Crippen molar-refractivity contribution >= 4 is 6.03 Å². The molecule has 4 bridgehead atoms. The molecule has 146 valence electrons. The van der Waals surface area contributed by atoms with Crippen LogP contribution in [-0.4, -0.2) is 67.3 Å². The summed E-state index contributed by atoms with van der Waals surface area (Å²) in [6.45, 7) is 6.98. The zero-order valence-corrected chi connectivity index (χ0v) is 16.1. The van der Waals surface area contributed by atoms with Gasteiger partial charge in [-0.05, 0) is 75.0 Å². The third kappa shape index (κ3) is 3.49. The summed E-state index contributed by atoms with van der Waals surface area (Å²) in [6, 6.07) is 0.233. The smallest absolute Gasteiger partial charge is 0.317 e. The van der Waals surface area contributed by atoms with E-state index in [0.29, 0.717) is 0 Å². The van der Waals surface area contributed by atoms with Gasteiger partial charge in [0.15, 0.2) is 0 Å². The minimum Gasteiger partial charge on any atom is -0.379 e. The highest BCUT2D eigenvalue weighted by molar-refractivity contribution is 5.75. The second-order valence-electron chi connectivity index (χ2n) is 9.97. The zero-order valence-electron chi connectivity index (χ0n) is 16.1. The summed E-state index contributed by atoms with van der Waals surface area (Å²) >= 11 is 0. The molecule has 6 fully saturated rings. The van der Waals surface area contributed by atoms with Crippen molar-refractivity contribution in [2.75, 3.05) is 45.9 Å². The molecule has 0 atom stereocenters. The zero-order chi connectivity index (χ0) is 17.6. The Labute approximate surface area is 157 Å². The Balaban J connectivity index is 1.12. The van der Waals surface area contributed by atoms with Crippen molar-refractivity contribution in [1.82, 2.24) is 15.1 Å². The van der Waals surface area contributed by atoms with E-state index in [4.69, 9.17) is 4.74 Å². The first-order chi connectivity index (χ1) is 12.7. The van der Waals surface area contributed by atoms with E-state index in [2.05, 4.69) is 15.1 Å². The summed E-state index contributed by atoms with van der Waals surface area (Å²) < 4.78 is 5.45. The van der Waals surface area contributed by atoms with Gasteiger partial charge in [0.05, 0.1) is 13.2 Å². The summed E-state index contributed by atoms with van der Waals surface area (Å²) in [4.78, 5) is 17.6. The Kier molecular flexibility index (Phi) is 4.64. The lowest BCUT2D eigenvalue weighted by atomic mass is 9.53. The predicted molar refractivity (Wildman–Crippen MR) is 101 cm³/mol. The molecular weight excluding hydrogens is 326 g/mol. The van der Waals surface area contributed by atoms with Crippen molar-refractivity contribution in [3.05, 3.63) is 0 Å². The van der Waals surface area contributed by atoms with Crippen molar-refractivity contribution in [2.45, 2.75) is 56.9 Å². The molecule has 0 aromatic rings. The number of carbonyl (C=O) groups is 1. The molecule has 2 saturated heterocycles. The molecule has 2 amide bonds. The number of piperidine rings is 1. The van der Waals surface area contributed by atoms with Gasteiger partial charge in [0.1, 0.15) is 0 Å². The van der Waals surface area contributed by atoms with Gasteiger partial charge in [-0.2, -0.15) is 0 Å². The fraction of sp³-hybridized carbons (Fsp3) is 0.952. The summed E-state index contributed by atoms with van der Waals surface area (Å²) in [7, 11) is 0. The fourth-order valence-electron chi connectivity index (χ4n) is 7.04. The average molecular weight is 362 g/mol. The van der Waals surface area contributed by atoms with Crippen molar-refractivity contribution in [3.8, 4) is 0 Å². The van der Waals surface area contributed by atoms with E-state index in [1.807, 2.05) is 0 Å². The lowest BCUT2D eigenvalue weighted by Crippen LogP contribution is -2.62. The van der Waals surface area contributed by atoms with E-state index in [0.717, 1.165) is 75.9 Å². The number of nitrogens with one attached hydrogen (secondary N) is 1. The normalized spacial score (nSPS) is 40.8. The van der Waals surface area contributed by atoms with Crippen LogP contribution in [0.25, 0.3) is 0 Å². The van der Waals surface area contributed by atoms with Gasteiger partial charge in [0, 0.05) is 38.3 Å². The number of hydrogen-bond donors (Lipinski definition) is 1. The van der Waals surface area contributed by atoms with Gasteiger partial charge < -0.3 is 15.0 Å². The molecule has 0 spiro atoms. The van der Waals surface area contributed by atoms with Gasteiger partial charge in [-0.1, -0.05) is 0 Å². The van der Waals surface area contributed by atoms with Crippen LogP contribution in [0, 0.1) is 23.7 Å². The van der Waals surface area contributed by atoms with Crippen LogP contribution in [-0.2, 0) is 4.74 Å². The lowest BCUT2D eigenvalue weighted by molar-refractivity contribution is -0.0164. The molecule has 2 aliphatic heterocycles. The van der Waals surface area contributed by atoms with Gasteiger partial charge in [-0.15, -0.1) is 0 Å². The van der Waals surface area contributed by atoms with Crippen LogP contribution in [0.3, 0.4) is 0 Å². The molecule has 0 aromatic carbocycles. The van der Waals surface area contributed by atoms with E-state index in [1.54, 1.807) is 0 Å². The number of rotatable bonds is 3. The number of likely N-dealkylation sites (tertiary alicyclic amines) is 1. The Morgan fingerprint density at radius 3 is 2.08 bits per heavy atom. The summed E-state index contributed by atoms with van der Waals surface area (Å²) in [6.07, 6.45) is 10.4. The maximum absolute atomic E-state index is 13.0. The highest BCUT2D eigenvalue weighted by Gasteiger charge is 2.51. The minimum atomic E-state index is 0.149. The van der Waals surface area contributed by atoms with Gasteiger partial charge in [-0.3, -0.25) is 4.90 Å². The van der Waals surface area contributed by atoms with Crippen molar-refractivity contribution in [3.63, 3.8) is 0 Å². The lowest BCUT2D eigenvalue weighted by Gasteiger charge is -2.57. The number of ether oxygens (including phenoxy) is 1. The van der Waals surface area contributed by atoms with Crippen molar-refractivity contribution in [2.24, 2.45) is 23.7 Å². The SMILES string of the molecule is O=C(NC12CC3CC(CC(C3)C1)C2)N1CCC(CN2CCOCC2)CC1. The van der Waals surface area contributed by atoms with Crippen LogP contribution in [0.1, 0.15) is 51.4 Å². The van der Waals surface area contributed by atoms with E-state index >= 15 is 0 Å². The molecule has 4 aliphatic carbocycles. The molecule has 1 N–H and O–H groups in total. The highest BCUT2D eigenvalue weighted by atomic mass is 16.5. The summed E-state index contributed by atoms with van der Waals surface area (Å²) in [5, 5.41) is 3.55. The Hall–Kier alpha value is -0.810. The second-order valence-corrected chi connectivity index (χ2v) is 9.97. The first kappa shape index (κ1) is 17.3. The Morgan fingerprint density at radius 2 is 1.50 bits per heavy atom. The average Bonchev–Trinajstić information content (AvgIpc) is 2.61. The van der Waals surface area contributed by atoms with Crippen molar-refractivity contribution < 1.29 is 9.53 Å². The molecule has 0 aromatic heterocycles. The number of amides is 2. The molecule has 6 rings (SSSR count). The topological polar surface area (TPSA) is 44.8 Å². The fourth-order valence-corrected chi connectivity index (χ4v) is 7.04. The minimum absolute atomic E-state index is 0.149. The van der Waals surface area contributed by atoms with Crippen LogP contribution in [0.5, 0.6) is 0 Å². The van der Waals surface area contributed by atoms with Crippen LogP contribution in [0.4, 0.5) is 4.79 Å². The molecule has 0 unspecified atom stereocenters. The largest absolute Gasteiger partial charge is 0.379 e. The highest BCUT2D eigenvalue weighted by Crippen LogP contribution is 2.55. The van der Waals surface area contributed by atoms with Crippen LogP contribution in [0.2, 0.25) is 0 Å². The molecule has 0 radical (unpaired) electrons. The van der Waals surface area contributed by atoms with Gasteiger partial charge in [-0.25, -0.2) is 4.79 Å². The van der Waals surface area contributed by atoms with E-state index in [-0.39, 0.29) is 11.6 Å². The Bertz CT molecular complexity index is 488. The summed E-state index contributed by atoms with van der Waals surface area (Å²) in [5.41, 5.74) is 0.149. The molecule has 26 heavy (non-hydrogen) atoms. The summed E-state index contributed by atoms with van der Waals surface area (Å²) in [5.74, 6) is 3.42. The molecular formula is C21H35N3O2. The molecule has 6 aliphatic rings. The number of urea groups is 1. The predicted octanol–water partition coefficient (Wildman–Crippen LogP) is 2.71. The van der Waals surface area contributed by atoms with Crippen LogP contribution >= 0.6 is 0 Å². The van der Waals surface area contributed by atoms with Crippen LogP contribution in [0.15, 0.2) is 0 Å². The first-order valence-electron chi connectivity index (χ1n) is 11.0. The second kappa shape index (κ2) is 6.97. The number of hydrogen-bond acceptors (Lipinski definition) is 3. The molecule has 4 saturated carbocycles. The number of carbonyl (C=O) groups excluding carboxylic acids is 1. The van der Waals surface area contributed by atoms with E-state index in [1.165, 1.54) is 45.1 Å². The Morgan fingerprint density at radius 1 is 0.923 bits per heavy atom. The number of nitrogens with zero attached hydrogens (tertiary/aromatic N) is 2. The first-order valence-corrected chi connectivity index (χ1v) is 11.0. The monoisotopic (exact) mass is 361 g/mol. The maximum Gasteiger partial charge on any atom is 0.317 e. The van der Waals surface area contributed by atoms with E-state index in [9.17, 15) is 4.79 Å². The maximum atomic E-state index is 13.0. The van der Waals surface area contributed by atoms with Crippen molar-refractivity contribution in [1.29, 1.82) is 0 Å². The number of morpholine rings is 1. The van der Waals surface area contributed by atoms with Crippen LogP contribution < -0.4 is 5.32 Å². The third-order valence-electron chi connectivity index (χ3n) is 7.93.